The highest BCUT2D eigenvalue weighted by molar-refractivity contribution is 5.96. The lowest BCUT2D eigenvalue weighted by Crippen LogP contribution is -2.33. The van der Waals surface area contributed by atoms with Crippen molar-refractivity contribution in [3.05, 3.63) is 89.0 Å². The van der Waals surface area contributed by atoms with Crippen LogP contribution in [0.1, 0.15) is 28.3 Å². The van der Waals surface area contributed by atoms with Gasteiger partial charge in [-0.2, -0.15) is 0 Å². The Balaban J connectivity index is 1.53. The fraction of sp³-hybridized carbons (Fsp3) is 0.208. The number of fused-ring (bicyclic) bond motifs is 1. The van der Waals surface area contributed by atoms with Crippen molar-refractivity contribution < 1.29 is 14.3 Å². The van der Waals surface area contributed by atoms with E-state index >= 15 is 0 Å². The number of anilines is 1. The first kappa shape index (κ1) is 19.0. The average Bonchev–Trinajstić information content (AvgIpc) is 3.19. The van der Waals surface area contributed by atoms with Crippen LogP contribution in [0.2, 0.25) is 0 Å². The summed E-state index contributed by atoms with van der Waals surface area (Å²) in [5.41, 5.74) is 4.91. The monoisotopic (exact) mass is 388 g/mol. The number of carbonyl (C=O) groups excluding carboxylic acids is 1. The molecule has 0 saturated heterocycles. The second-order valence-corrected chi connectivity index (χ2v) is 7.22. The first-order valence-electron chi connectivity index (χ1n) is 9.65. The summed E-state index contributed by atoms with van der Waals surface area (Å²) in [6.07, 6.45) is 0. The Morgan fingerprint density at radius 3 is 2.59 bits per heavy atom. The molecule has 4 rings (SSSR count). The van der Waals surface area contributed by atoms with Gasteiger partial charge in [0.15, 0.2) is 11.5 Å². The van der Waals surface area contributed by atoms with E-state index in [1.165, 1.54) is 0 Å². The summed E-state index contributed by atoms with van der Waals surface area (Å²) in [5.74, 6) is 1.40. The van der Waals surface area contributed by atoms with Crippen molar-refractivity contribution in [3.63, 3.8) is 0 Å². The molecule has 148 valence electrons. The van der Waals surface area contributed by atoms with Gasteiger partial charge in [-0.05, 0) is 54.3 Å². The third-order valence-electron chi connectivity index (χ3n) is 4.99. The minimum Gasteiger partial charge on any atom is -0.454 e. The molecule has 1 atom stereocenters. The summed E-state index contributed by atoms with van der Waals surface area (Å²) in [5, 5.41) is 6.47. The number of amides is 1. The molecule has 0 saturated carbocycles. The number of aryl methyl sites for hydroxylation is 2. The first-order chi connectivity index (χ1) is 14.1. The Morgan fingerprint density at radius 1 is 0.966 bits per heavy atom. The number of nitrogens with one attached hydrogen (secondary N) is 2. The second-order valence-electron chi connectivity index (χ2n) is 7.22. The molecule has 0 fully saturated rings. The van der Waals surface area contributed by atoms with Crippen LogP contribution in [0.3, 0.4) is 0 Å². The quantitative estimate of drug-likeness (QED) is 0.653. The molecule has 0 radical (unpaired) electrons. The Hall–Kier alpha value is -3.31. The molecule has 0 aromatic heterocycles. The highest BCUT2D eigenvalue weighted by Gasteiger charge is 2.21. The summed E-state index contributed by atoms with van der Waals surface area (Å²) < 4.78 is 10.8. The molecular formula is C24H24N2O3. The number of hydrogen-bond acceptors (Lipinski definition) is 4. The molecule has 3 aromatic carbocycles. The van der Waals surface area contributed by atoms with Crippen LogP contribution in [0.15, 0.2) is 66.7 Å². The fourth-order valence-electron chi connectivity index (χ4n) is 3.35. The molecule has 1 heterocycles. The molecule has 3 aromatic rings. The minimum absolute atomic E-state index is 0.0920. The lowest BCUT2D eigenvalue weighted by Gasteiger charge is -2.20. The molecule has 5 nitrogen and oxygen atoms in total. The third kappa shape index (κ3) is 4.41. The predicted octanol–water partition coefficient (Wildman–Crippen LogP) is 4.50. The van der Waals surface area contributed by atoms with E-state index in [1.807, 2.05) is 80.6 Å². The van der Waals surface area contributed by atoms with Crippen molar-refractivity contribution in [1.82, 2.24) is 5.32 Å². The molecule has 5 heteroatoms. The molecular weight excluding hydrogens is 364 g/mol. The number of ether oxygens (including phenoxy) is 2. The molecule has 1 amide bonds. The van der Waals surface area contributed by atoms with Crippen molar-refractivity contribution in [1.29, 1.82) is 0 Å². The van der Waals surface area contributed by atoms with Crippen LogP contribution in [0.4, 0.5) is 5.69 Å². The largest absolute Gasteiger partial charge is 0.454 e. The molecule has 0 aliphatic carbocycles. The molecule has 1 unspecified atom stereocenters. The van der Waals surface area contributed by atoms with E-state index in [0.29, 0.717) is 6.54 Å². The van der Waals surface area contributed by atoms with E-state index in [-0.39, 0.29) is 12.7 Å². The van der Waals surface area contributed by atoms with Gasteiger partial charge in [0, 0.05) is 12.2 Å². The number of benzene rings is 3. The smallest absolute Gasteiger partial charge is 0.246 e. The van der Waals surface area contributed by atoms with Crippen LogP contribution in [0, 0.1) is 13.8 Å². The zero-order chi connectivity index (χ0) is 20.2. The van der Waals surface area contributed by atoms with E-state index in [9.17, 15) is 4.79 Å². The molecule has 0 bridgehead atoms. The Bertz CT molecular complexity index is 1020. The van der Waals surface area contributed by atoms with Crippen LogP contribution in [0.25, 0.3) is 0 Å². The maximum Gasteiger partial charge on any atom is 0.246 e. The third-order valence-corrected chi connectivity index (χ3v) is 4.99. The Kier molecular flexibility index (Phi) is 5.49. The Labute approximate surface area is 170 Å². The van der Waals surface area contributed by atoms with Gasteiger partial charge in [-0.3, -0.25) is 10.1 Å². The fourth-order valence-corrected chi connectivity index (χ4v) is 3.35. The van der Waals surface area contributed by atoms with Gasteiger partial charge >= 0.3 is 0 Å². The van der Waals surface area contributed by atoms with Gasteiger partial charge in [-0.1, -0.05) is 48.5 Å². The van der Waals surface area contributed by atoms with E-state index in [4.69, 9.17) is 9.47 Å². The summed E-state index contributed by atoms with van der Waals surface area (Å²) in [4.78, 5) is 13.2. The van der Waals surface area contributed by atoms with Gasteiger partial charge in [-0.15, -0.1) is 0 Å². The van der Waals surface area contributed by atoms with Crippen molar-refractivity contribution in [2.75, 3.05) is 12.1 Å². The maximum atomic E-state index is 13.2. The maximum absolute atomic E-state index is 13.2. The van der Waals surface area contributed by atoms with Crippen molar-refractivity contribution >= 4 is 11.6 Å². The molecule has 2 N–H and O–H groups in total. The second kappa shape index (κ2) is 8.37. The number of carbonyl (C=O) groups is 1. The van der Waals surface area contributed by atoms with E-state index < -0.39 is 6.04 Å². The van der Waals surface area contributed by atoms with Gasteiger partial charge in [0.2, 0.25) is 12.7 Å². The van der Waals surface area contributed by atoms with Gasteiger partial charge in [0.25, 0.3) is 0 Å². The predicted molar refractivity (Wildman–Crippen MR) is 113 cm³/mol. The Morgan fingerprint density at radius 2 is 1.76 bits per heavy atom. The van der Waals surface area contributed by atoms with Crippen molar-refractivity contribution in [2.45, 2.75) is 26.4 Å². The standard InChI is InChI=1S/C24H24N2O3/c1-16-8-9-17(2)20(12-16)26-24(27)23(19-6-4-3-5-7-19)25-14-18-10-11-21-22(13-18)29-15-28-21/h3-13,23,25H,14-15H2,1-2H3,(H,26,27). The van der Waals surface area contributed by atoms with Crippen LogP contribution >= 0.6 is 0 Å². The molecule has 1 aliphatic rings. The highest BCUT2D eigenvalue weighted by Crippen LogP contribution is 2.32. The van der Waals surface area contributed by atoms with Crippen molar-refractivity contribution in [3.8, 4) is 11.5 Å². The van der Waals surface area contributed by atoms with E-state index in [0.717, 1.165) is 39.4 Å². The van der Waals surface area contributed by atoms with E-state index in [2.05, 4.69) is 10.6 Å². The van der Waals surface area contributed by atoms with E-state index in [1.54, 1.807) is 0 Å². The zero-order valence-electron chi connectivity index (χ0n) is 16.6. The lowest BCUT2D eigenvalue weighted by molar-refractivity contribution is -0.118. The lowest BCUT2D eigenvalue weighted by atomic mass is 10.0. The summed E-state index contributed by atoms with van der Waals surface area (Å²) in [6, 6.07) is 21.1. The van der Waals surface area contributed by atoms with Crippen LogP contribution in [-0.2, 0) is 11.3 Å². The average molecular weight is 388 g/mol. The zero-order valence-corrected chi connectivity index (χ0v) is 16.6. The van der Waals surface area contributed by atoms with Crippen LogP contribution < -0.4 is 20.1 Å². The SMILES string of the molecule is Cc1ccc(C)c(NC(=O)C(NCc2ccc3c(c2)OCO3)c2ccccc2)c1. The highest BCUT2D eigenvalue weighted by atomic mass is 16.7. The summed E-state index contributed by atoms with van der Waals surface area (Å²) in [7, 11) is 0. The molecule has 0 spiro atoms. The number of rotatable bonds is 6. The topological polar surface area (TPSA) is 59.6 Å². The molecule has 29 heavy (non-hydrogen) atoms. The first-order valence-corrected chi connectivity index (χ1v) is 9.65. The number of hydrogen-bond donors (Lipinski definition) is 2. The van der Waals surface area contributed by atoms with Gasteiger partial charge < -0.3 is 14.8 Å². The van der Waals surface area contributed by atoms with Crippen LogP contribution in [-0.4, -0.2) is 12.7 Å². The van der Waals surface area contributed by atoms with Gasteiger partial charge in [0.1, 0.15) is 6.04 Å². The van der Waals surface area contributed by atoms with Crippen LogP contribution in [0.5, 0.6) is 11.5 Å². The normalized spacial score (nSPS) is 13.2. The summed E-state index contributed by atoms with van der Waals surface area (Å²) >= 11 is 0. The van der Waals surface area contributed by atoms with Crippen molar-refractivity contribution in [2.24, 2.45) is 0 Å². The minimum atomic E-state index is -0.485. The van der Waals surface area contributed by atoms with Gasteiger partial charge in [0.05, 0.1) is 0 Å². The summed E-state index contributed by atoms with van der Waals surface area (Å²) in [6.45, 7) is 4.78. The van der Waals surface area contributed by atoms with Gasteiger partial charge in [-0.25, -0.2) is 0 Å². The molecule has 1 aliphatic heterocycles.